The van der Waals surface area contributed by atoms with E-state index >= 15 is 0 Å². The van der Waals surface area contributed by atoms with Crippen LogP contribution < -0.4 is 9.47 Å². The Hall–Kier alpha value is -2.24. The molecule has 0 bridgehead atoms. The molecule has 0 amide bonds. The molecule has 0 aliphatic carbocycles. The number of piperidine rings is 2. The summed E-state index contributed by atoms with van der Waals surface area (Å²) < 4.78 is 18.6. The van der Waals surface area contributed by atoms with E-state index in [9.17, 15) is 0 Å². The number of rotatable bonds is 10. The molecular formula is C30H42N2O3. The average Bonchev–Trinajstić information content (AvgIpc) is 3.28. The summed E-state index contributed by atoms with van der Waals surface area (Å²) in [6.45, 7) is 11.0. The summed E-state index contributed by atoms with van der Waals surface area (Å²) in [7, 11) is 0. The highest BCUT2D eigenvalue weighted by molar-refractivity contribution is 6.07. The zero-order chi connectivity index (χ0) is 24.0. The zero-order valence-electron chi connectivity index (χ0n) is 21.6. The van der Waals surface area contributed by atoms with Gasteiger partial charge >= 0.3 is 0 Å². The second-order valence-electron chi connectivity index (χ2n) is 10.6. The van der Waals surface area contributed by atoms with Crippen molar-refractivity contribution in [3.63, 3.8) is 0 Å². The zero-order valence-corrected chi connectivity index (χ0v) is 21.6. The Morgan fingerprint density at radius 2 is 1.37 bits per heavy atom. The number of furan rings is 1. The second-order valence-corrected chi connectivity index (χ2v) is 10.6. The first kappa shape index (κ1) is 24.5. The molecule has 2 unspecified atom stereocenters. The van der Waals surface area contributed by atoms with E-state index in [1.807, 2.05) is 18.2 Å². The highest BCUT2D eigenvalue weighted by Crippen LogP contribution is 2.36. The summed E-state index contributed by atoms with van der Waals surface area (Å²) in [5, 5.41) is 2.18. The van der Waals surface area contributed by atoms with Crippen molar-refractivity contribution >= 4 is 21.9 Å². The summed E-state index contributed by atoms with van der Waals surface area (Å²) in [5.41, 5.74) is 1.72. The van der Waals surface area contributed by atoms with Crippen molar-refractivity contribution in [3.8, 4) is 11.5 Å². The van der Waals surface area contributed by atoms with Crippen LogP contribution in [0.5, 0.6) is 11.5 Å². The molecule has 2 aromatic carbocycles. The molecule has 5 nitrogen and oxygen atoms in total. The van der Waals surface area contributed by atoms with Crippen molar-refractivity contribution in [2.45, 2.75) is 77.3 Å². The van der Waals surface area contributed by atoms with Crippen molar-refractivity contribution in [1.82, 2.24) is 9.80 Å². The maximum atomic E-state index is 6.24. The Morgan fingerprint density at radius 3 is 2.03 bits per heavy atom. The third-order valence-electron chi connectivity index (χ3n) is 8.06. The molecule has 0 N–H and O–H groups in total. The van der Waals surface area contributed by atoms with E-state index in [-0.39, 0.29) is 0 Å². The number of hydrogen-bond acceptors (Lipinski definition) is 5. The van der Waals surface area contributed by atoms with E-state index < -0.39 is 0 Å². The van der Waals surface area contributed by atoms with Gasteiger partial charge < -0.3 is 23.7 Å². The lowest BCUT2D eigenvalue weighted by Crippen LogP contribution is -2.38. The topological polar surface area (TPSA) is 38.1 Å². The van der Waals surface area contributed by atoms with Gasteiger partial charge in [-0.05, 0) is 103 Å². The standard InChI is InChI=1S/C30H42N2O3/c1-23(31-16-5-3-6-17-31)14-20-33-25-12-13-28-27(22-25)26-10-9-11-29(30(26)35-28)34-21-15-24(2)32-18-7-4-8-19-32/h9-13,22-24H,3-8,14-21H2,1-2H3. The van der Waals surface area contributed by atoms with Gasteiger partial charge in [-0.15, -0.1) is 0 Å². The molecule has 0 spiro atoms. The van der Waals surface area contributed by atoms with Crippen molar-refractivity contribution in [2.75, 3.05) is 39.4 Å². The van der Waals surface area contributed by atoms with E-state index in [4.69, 9.17) is 13.9 Å². The molecule has 35 heavy (non-hydrogen) atoms. The Kier molecular flexibility index (Phi) is 8.15. The van der Waals surface area contributed by atoms with Crippen molar-refractivity contribution in [3.05, 3.63) is 36.4 Å². The highest BCUT2D eigenvalue weighted by Gasteiger charge is 2.18. The number of fused-ring (bicyclic) bond motifs is 3. The monoisotopic (exact) mass is 478 g/mol. The maximum absolute atomic E-state index is 6.24. The van der Waals surface area contributed by atoms with Crippen LogP contribution >= 0.6 is 0 Å². The van der Waals surface area contributed by atoms with Gasteiger partial charge in [-0.1, -0.05) is 25.0 Å². The summed E-state index contributed by atoms with van der Waals surface area (Å²) in [6.07, 6.45) is 10.2. The number of likely N-dealkylation sites (tertiary alicyclic amines) is 2. The molecule has 2 saturated heterocycles. The molecule has 3 heterocycles. The number of benzene rings is 2. The van der Waals surface area contributed by atoms with Crippen LogP contribution in [0.15, 0.2) is 40.8 Å². The van der Waals surface area contributed by atoms with Gasteiger partial charge in [0.15, 0.2) is 11.3 Å². The van der Waals surface area contributed by atoms with Crippen LogP contribution in [0.25, 0.3) is 21.9 Å². The summed E-state index contributed by atoms with van der Waals surface area (Å²) >= 11 is 0. The van der Waals surface area contributed by atoms with Gasteiger partial charge in [0.25, 0.3) is 0 Å². The quantitative estimate of drug-likeness (QED) is 0.318. The molecule has 5 rings (SSSR count). The van der Waals surface area contributed by atoms with E-state index in [0.717, 1.165) is 52.9 Å². The van der Waals surface area contributed by atoms with Gasteiger partial charge in [-0.3, -0.25) is 0 Å². The van der Waals surface area contributed by atoms with Crippen LogP contribution in [0, 0.1) is 0 Å². The van der Waals surface area contributed by atoms with Gasteiger partial charge in [0.2, 0.25) is 0 Å². The third-order valence-corrected chi connectivity index (χ3v) is 8.06. The Labute approximate surface area is 210 Å². The predicted octanol–water partition coefficient (Wildman–Crippen LogP) is 6.87. The number of nitrogens with zero attached hydrogens (tertiary/aromatic N) is 2. The second kappa shape index (κ2) is 11.7. The molecule has 2 fully saturated rings. The van der Waals surface area contributed by atoms with Crippen LogP contribution in [0.1, 0.15) is 65.2 Å². The van der Waals surface area contributed by atoms with Crippen LogP contribution in [0.3, 0.4) is 0 Å². The van der Waals surface area contributed by atoms with E-state index in [1.165, 1.54) is 64.7 Å². The third kappa shape index (κ3) is 5.95. The molecule has 0 saturated carbocycles. The fourth-order valence-electron chi connectivity index (χ4n) is 5.73. The largest absolute Gasteiger partial charge is 0.494 e. The van der Waals surface area contributed by atoms with Gasteiger partial charge in [0, 0.05) is 22.9 Å². The molecule has 2 aliphatic heterocycles. The van der Waals surface area contributed by atoms with Crippen LogP contribution in [-0.4, -0.2) is 61.3 Å². The molecule has 2 aliphatic rings. The van der Waals surface area contributed by atoms with E-state index in [2.05, 4.69) is 41.8 Å². The van der Waals surface area contributed by atoms with Gasteiger partial charge in [0.1, 0.15) is 11.3 Å². The fraction of sp³-hybridized carbons (Fsp3) is 0.600. The van der Waals surface area contributed by atoms with E-state index in [1.54, 1.807) is 0 Å². The van der Waals surface area contributed by atoms with Crippen molar-refractivity contribution in [2.24, 2.45) is 0 Å². The number of para-hydroxylation sites is 1. The lowest BCUT2D eigenvalue weighted by molar-refractivity contribution is 0.149. The molecular weight excluding hydrogens is 436 g/mol. The minimum absolute atomic E-state index is 0.558. The Bertz CT molecular complexity index is 1080. The summed E-state index contributed by atoms with van der Waals surface area (Å²) in [5.74, 6) is 1.75. The lowest BCUT2D eigenvalue weighted by Gasteiger charge is -2.32. The first-order valence-electron chi connectivity index (χ1n) is 13.9. The molecule has 5 heteroatoms. The number of ether oxygens (including phenoxy) is 2. The van der Waals surface area contributed by atoms with Crippen LogP contribution in [-0.2, 0) is 0 Å². The van der Waals surface area contributed by atoms with Gasteiger partial charge in [0.05, 0.1) is 13.2 Å². The predicted molar refractivity (Wildman–Crippen MR) is 144 cm³/mol. The van der Waals surface area contributed by atoms with Crippen LogP contribution in [0.4, 0.5) is 0 Å². The number of hydrogen-bond donors (Lipinski definition) is 0. The Balaban J connectivity index is 1.20. The van der Waals surface area contributed by atoms with Crippen molar-refractivity contribution in [1.29, 1.82) is 0 Å². The molecule has 0 radical (unpaired) electrons. The lowest BCUT2D eigenvalue weighted by atomic mass is 10.1. The summed E-state index contributed by atoms with van der Waals surface area (Å²) in [4.78, 5) is 5.21. The highest BCUT2D eigenvalue weighted by atomic mass is 16.5. The molecule has 3 aromatic rings. The first-order valence-corrected chi connectivity index (χ1v) is 13.9. The average molecular weight is 479 g/mol. The maximum Gasteiger partial charge on any atom is 0.177 e. The van der Waals surface area contributed by atoms with Crippen LogP contribution in [0.2, 0.25) is 0 Å². The smallest absolute Gasteiger partial charge is 0.177 e. The molecule has 2 atom stereocenters. The fourth-order valence-corrected chi connectivity index (χ4v) is 5.73. The molecule has 190 valence electrons. The minimum Gasteiger partial charge on any atom is -0.494 e. The minimum atomic E-state index is 0.558. The molecule has 1 aromatic heterocycles. The van der Waals surface area contributed by atoms with Crippen molar-refractivity contribution < 1.29 is 13.9 Å². The van der Waals surface area contributed by atoms with E-state index in [0.29, 0.717) is 18.7 Å². The van der Waals surface area contributed by atoms with Gasteiger partial charge in [-0.25, -0.2) is 0 Å². The Morgan fingerprint density at radius 1 is 0.743 bits per heavy atom. The van der Waals surface area contributed by atoms with Gasteiger partial charge in [-0.2, -0.15) is 0 Å². The normalized spacial score (nSPS) is 19.7. The SMILES string of the molecule is CC(CCOc1ccc2oc3c(OCCC(C)N4CCCCC4)cccc3c2c1)N1CCCCC1. The first-order chi connectivity index (χ1) is 17.2. The summed E-state index contributed by atoms with van der Waals surface area (Å²) in [6, 6.07) is 13.5.